The molecule has 1 rings (SSSR count). The third-order valence-corrected chi connectivity index (χ3v) is 2.72. The second-order valence-electron chi connectivity index (χ2n) is 4.53. The van der Waals surface area contributed by atoms with Gasteiger partial charge in [0.1, 0.15) is 0 Å². The maximum atomic E-state index is 2.38. The van der Waals surface area contributed by atoms with E-state index in [2.05, 4.69) is 27.7 Å². The van der Waals surface area contributed by atoms with Crippen LogP contribution in [0.15, 0.2) is 0 Å². The van der Waals surface area contributed by atoms with Crippen molar-refractivity contribution >= 4 is 0 Å². The first-order valence-electron chi connectivity index (χ1n) is 4.01. The van der Waals surface area contributed by atoms with Crippen molar-refractivity contribution in [2.75, 3.05) is 0 Å². The molecular weight excluding hydrogens is 108 g/mol. The first-order valence-corrected chi connectivity index (χ1v) is 4.01. The van der Waals surface area contributed by atoms with Gasteiger partial charge in [0, 0.05) is 0 Å². The first kappa shape index (κ1) is 7.11. The van der Waals surface area contributed by atoms with Crippen LogP contribution in [0.4, 0.5) is 0 Å². The third-order valence-electron chi connectivity index (χ3n) is 2.72. The van der Waals surface area contributed by atoms with Crippen molar-refractivity contribution in [3.8, 4) is 0 Å². The van der Waals surface area contributed by atoms with Gasteiger partial charge in [-0.1, -0.05) is 27.7 Å². The highest BCUT2D eigenvalue weighted by Crippen LogP contribution is 2.44. The fourth-order valence-corrected chi connectivity index (χ4v) is 2.23. The summed E-state index contributed by atoms with van der Waals surface area (Å²) in [5.41, 5.74) is 0.638. The lowest BCUT2D eigenvalue weighted by molar-refractivity contribution is 0.363. The molecule has 9 heavy (non-hydrogen) atoms. The van der Waals surface area contributed by atoms with Gasteiger partial charge >= 0.3 is 0 Å². The SMILES string of the molecule is CC1CC(C)(C)C[C@H]1C. The van der Waals surface area contributed by atoms with E-state index in [0.717, 1.165) is 11.8 Å². The van der Waals surface area contributed by atoms with Crippen LogP contribution in [0.5, 0.6) is 0 Å². The van der Waals surface area contributed by atoms with Gasteiger partial charge in [-0.25, -0.2) is 0 Å². The summed E-state index contributed by atoms with van der Waals surface area (Å²) in [6.07, 6.45) is 2.85. The largest absolute Gasteiger partial charge is 0.0622 e. The topological polar surface area (TPSA) is 0 Å². The smallest absolute Gasteiger partial charge is 0.0349 e. The molecule has 0 aromatic carbocycles. The molecular formula is C9H18. The highest BCUT2D eigenvalue weighted by molar-refractivity contribution is 4.84. The predicted molar refractivity (Wildman–Crippen MR) is 41.3 cm³/mol. The number of hydrogen-bond acceptors (Lipinski definition) is 0. The normalized spacial score (nSPS) is 41.3. The Labute approximate surface area is 58.7 Å². The van der Waals surface area contributed by atoms with Crippen molar-refractivity contribution in [1.29, 1.82) is 0 Å². The van der Waals surface area contributed by atoms with E-state index in [1.807, 2.05) is 0 Å². The fraction of sp³-hybridized carbons (Fsp3) is 1.00. The molecule has 0 bridgehead atoms. The molecule has 0 aromatic rings. The van der Waals surface area contributed by atoms with Crippen LogP contribution in [-0.2, 0) is 0 Å². The van der Waals surface area contributed by atoms with Crippen molar-refractivity contribution in [2.24, 2.45) is 17.3 Å². The summed E-state index contributed by atoms with van der Waals surface area (Å²) < 4.78 is 0. The molecule has 1 saturated carbocycles. The van der Waals surface area contributed by atoms with E-state index in [1.54, 1.807) is 0 Å². The maximum Gasteiger partial charge on any atom is -0.0349 e. The Balaban J connectivity index is 2.54. The van der Waals surface area contributed by atoms with Crippen LogP contribution in [0, 0.1) is 17.3 Å². The van der Waals surface area contributed by atoms with Gasteiger partial charge in [-0.05, 0) is 30.1 Å². The summed E-state index contributed by atoms with van der Waals surface area (Å²) in [6.45, 7) is 9.51. The Morgan fingerprint density at radius 2 is 1.33 bits per heavy atom. The van der Waals surface area contributed by atoms with Crippen LogP contribution in [0.3, 0.4) is 0 Å². The van der Waals surface area contributed by atoms with E-state index in [0.29, 0.717) is 5.41 Å². The van der Waals surface area contributed by atoms with Gasteiger partial charge in [-0.15, -0.1) is 0 Å². The van der Waals surface area contributed by atoms with Crippen LogP contribution in [0.25, 0.3) is 0 Å². The zero-order valence-corrected chi connectivity index (χ0v) is 7.07. The van der Waals surface area contributed by atoms with Crippen molar-refractivity contribution in [3.05, 3.63) is 0 Å². The lowest BCUT2D eigenvalue weighted by Crippen LogP contribution is -2.03. The summed E-state index contributed by atoms with van der Waals surface area (Å²) in [5, 5.41) is 0. The van der Waals surface area contributed by atoms with Crippen LogP contribution in [0.2, 0.25) is 0 Å². The standard InChI is InChI=1S/C9H18/c1-7-5-9(3,4)6-8(7)2/h7-8H,5-6H2,1-4H3/t7-,8?/m1/s1. The molecule has 0 heteroatoms. The minimum atomic E-state index is 0.638. The quantitative estimate of drug-likeness (QED) is 0.468. The third kappa shape index (κ3) is 1.47. The molecule has 0 nitrogen and oxygen atoms in total. The van der Waals surface area contributed by atoms with E-state index in [-0.39, 0.29) is 0 Å². The molecule has 0 aromatic heterocycles. The van der Waals surface area contributed by atoms with Crippen molar-refractivity contribution in [3.63, 3.8) is 0 Å². The van der Waals surface area contributed by atoms with Crippen LogP contribution in [-0.4, -0.2) is 0 Å². The second-order valence-corrected chi connectivity index (χ2v) is 4.53. The van der Waals surface area contributed by atoms with Crippen LogP contribution in [0.1, 0.15) is 40.5 Å². The van der Waals surface area contributed by atoms with Gasteiger partial charge in [0.25, 0.3) is 0 Å². The number of hydrogen-bond donors (Lipinski definition) is 0. The maximum absolute atomic E-state index is 2.38. The molecule has 0 amide bonds. The molecule has 0 N–H and O–H groups in total. The average Bonchev–Trinajstić information content (AvgIpc) is 1.79. The molecule has 2 atom stereocenters. The van der Waals surface area contributed by atoms with Gasteiger partial charge in [0.2, 0.25) is 0 Å². The molecule has 0 radical (unpaired) electrons. The molecule has 54 valence electrons. The molecule has 0 heterocycles. The molecule has 1 aliphatic carbocycles. The Hall–Kier alpha value is 0. The Morgan fingerprint density at radius 1 is 1.00 bits per heavy atom. The molecule has 0 spiro atoms. The molecule has 1 aliphatic rings. The van der Waals surface area contributed by atoms with Crippen molar-refractivity contribution < 1.29 is 0 Å². The van der Waals surface area contributed by atoms with E-state index in [9.17, 15) is 0 Å². The zero-order chi connectivity index (χ0) is 7.07. The molecule has 1 unspecified atom stereocenters. The molecule has 0 saturated heterocycles. The van der Waals surface area contributed by atoms with E-state index in [4.69, 9.17) is 0 Å². The van der Waals surface area contributed by atoms with E-state index >= 15 is 0 Å². The van der Waals surface area contributed by atoms with Gasteiger partial charge in [0.15, 0.2) is 0 Å². The van der Waals surface area contributed by atoms with Crippen LogP contribution >= 0.6 is 0 Å². The van der Waals surface area contributed by atoms with Crippen LogP contribution < -0.4 is 0 Å². The van der Waals surface area contributed by atoms with Crippen molar-refractivity contribution in [2.45, 2.75) is 40.5 Å². The molecule has 0 aliphatic heterocycles. The van der Waals surface area contributed by atoms with Crippen molar-refractivity contribution in [1.82, 2.24) is 0 Å². The Morgan fingerprint density at radius 3 is 1.44 bits per heavy atom. The molecule has 1 fully saturated rings. The van der Waals surface area contributed by atoms with E-state index in [1.165, 1.54) is 12.8 Å². The summed E-state index contributed by atoms with van der Waals surface area (Å²) in [4.78, 5) is 0. The highest BCUT2D eigenvalue weighted by Gasteiger charge is 2.33. The average molecular weight is 126 g/mol. The Bertz CT molecular complexity index is 90.6. The monoisotopic (exact) mass is 126 g/mol. The van der Waals surface area contributed by atoms with E-state index < -0.39 is 0 Å². The zero-order valence-electron chi connectivity index (χ0n) is 7.07. The fourth-order valence-electron chi connectivity index (χ4n) is 2.23. The Kier molecular flexibility index (Phi) is 1.58. The van der Waals surface area contributed by atoms with Gasteiger partial charge in [-0.2, -0.15) is 0 Å². The van der Waals surface area contributed by atoms with Gasteiger partial charge < -0.3 is 0 Å². The summed E-state index contributed by atoms with van der Waals surface area (Å²) in [6, 6.07) is 0. The lowest BCUT2D eigenvalue weighted by atomic mass is 9.91. The highest BCUT2D eigenvalue weighted by atomic mass is 14.4. The minimum Gasteiger partial charge on any atom is -0.0622 e. The summed E-state index contributed by atoms with van der Waals surface area (Å²) in [7, 11) is 0. The predicted octanol–water partition coefficient (Wildman–Crippen LogP) is 3.08. The summed E-state index contributed by atoms with van der Waals surface area (Å²) >= 11 is 0. The lowest BCUT2D eigenvalue weighted by Gasteiger charge is -2.15. The number of rotatable bonds is 0. The minimum absolute atomic E-state index is 0.638. The van der Waals surface area contributed by atoms with Gasteiger partial charge in [0.05, 0.1) is 0 Å². The summed E-state index contributed by atoms with van der Waals surface area (Å²) in [5.74, 6) is 1.92. The van der Waals surface area contributed by atoms with Gasteiger partial charge in [-0.3, -0.25) is 0 Å². The first-order chi connectivity index (χ1) is 4.01. The second kappa shape index (κ2) is 2.00.